The molecule has 5 nitrogen and oxygen atoms in total. The quantitative estimate of drug-likeness (QED) is 0.672. The Morgan fingerprint density at radius 3 is 2.80 bits per heavy atom. The highest BCUT2D eigenvalue weighted by Gasteiger charge is 2.10. The lowest BCUT2D eigenvalue weighted by atomic mass is 10.1. The minimum Gasteiger partial charge on any atom is -0.285 e. The summed E-state index contributed by atoms with van der Waals surface area (Å²) in [6, 6.07) is 4.63. The Bertz CT molecular complexity index is 496. The number of nitrogens with zero attached hydrogens (tertiary/aromatic N) is 2. The summed E-state index contributed by atoms with van der Waals surface area (Å²) >= 11 is 3.29. The third kappa shape index (κ3) is 1.89. The van der Waals surface area contributed by atoms with Crippen LogP contribution in [0.5, 0.6) is 0 Å². The minimum atomic E-state index is -0.427. The summed E-state index contributed by atoms with van der Waals surface area (Å²) in [5.74, 6) is 0. The Labute approximate surface area is 93.4 Å². The van der Waals surface area contributed by atoms with E-state index in [-0.39, 0.29) is 5.69 Å². The van der Waals surface area contributed by atoms with Gasteiger partial charge in [0.1, 0.15) is 0 Å². The Kier molecular flexibility index (Phi) is 2.51. The summed E-state index contributed by atoms with van der Waals surface area (Å²) in [5.41, 5.74) is 1.82. The van der Waals surface area contributed by atoms with E-state index in [0.717, 1.165) is 11.1 Å². The van der Waals surface area contributed by atoms with Crippen molar-refractivity contribution in [2.24, 2.45) is 0 Å². The summed E-state index contributed by atoms with van der Waals surface area (Å²) in [7, 11) is 0. The van der Waals surface area contributed by atoms with Crippen LogP contribution in [0.3, 0.4) is 0 Å². The van der Waals surface area contributed by atoms with Crippen LogP contribution >= 0.6 is 15.9 Å². The van der Waals surface area contributed by atoms with Crippen LogP contribution in [0.4, 0.5) is 5.69 Å². The number of H-pyrrole nitrogens is 1. The maximum absolute atomic E-state index is 10.5. The Hall–Kier alpha value is -1.69. The molecule has 76 valence electrons. The van der Waals surface area contributed by atoms with Gasteiger partial charge in [-0.25, -0.2) is 0 Å². The molecule has 0 spiro atoms. The molecule has 0 bridgehead atoms. The fourth-order valence-corrected chi connectivity index (χ4v) is 1.85. The van der Waals surface area contributed by atoms with Crippen molar-refractivity contribution < 1.29 is 4.92 Å². The summed E-state index contributed by atoms with van der Waals surface area (Å²) in [4.78, 5) is 10.1. The van der Waals surface area contributed by atoms with Crippen LogP contribution in [0.25, 0.3) is 11.1 Å². The van der Waals surface area contributed by atoms with Gasteiger partial charge in [0.25, 0.3) is 5.69 Å². The number of aromatic amines is 1. The molecule has 0 radical (unpaired) electrons. The predicted molar refractivity (Wildman–Crippen MR) is 58.4 cm³/mol. The third-order valence-corrected chi connectivity index (χ3v) is 2.63. The fraction of sp³-hybridized carbons (Fsp3) is 0. The highest BCUT2D eigenvalue weighted by atomic mass is 79.9. The number of rotatable bonds is 2. The van der Waals surface area contributed by atoms with Crippen molar-refractivity contribution in [3.63, 3.8) is 0 Å². The molecule has 0 fully saturated rings. The number of non-ortho nitro benzene ring substituents is 1. The van der Waals surface area contributed by atoms with E-state index in [1.54, 1.807) is 18.5 Å². The van der Waals surface area contributed by atoms with E-state index in [2.05, 4.69) is 26.1 Å². The average Bonchev–Trinajstić information content (AvgIpc) is 2.70. The normalized spacial score (nSPS) is 10.2. The first-order valence-corrected chi connectivity index (χ1v) is 4.91. The number of benzene rings is 1. The smallest absolute Gasteiger partial charge is 0.270 e. The Morgan fingerprint density at radius 1 is 1.47 bits per heavy atom. The van der Waals surface area contributed by atoms with Gasteiger partial charge in [-0.2, -0.15) is 5.10 Å². The van der Waals surface area contributed by atoms with Crippen molar-refractivity contribution >= 4 is 21.6 Å². The highest BCUT2D eigenvalue weighted by Crippen LogP contribution is 2.30. The van der Waals surface area contributed by atoms with Gasteiger partial charge >= 0.3 is 0 Å². The predicted octanol–water partition coefficient (Wildman–Crippen LogP) is 2.75. The molecule has 15 heavy (non-hydrogen) atoms. The van der Waals surface area contributed by atoms with Gasteiger partial charge < -0.3 is 0 Å². The van der Waals surface area contributed by atoms with Gasteiger partial charge in [-0.1, -0.05) is 0 Å². The van der Waals surface area contributed by atoms with Crippen LogP contribution in [0, 0.1) is 10.1 Å². The first kappa shape index (κ1) is 9.85. The van der Waals surface area contributed by atoms with Gasteiger partial charge in [-0.05, 0) is 27.6 Å². The van der Waals surface area contributed by atoms with Crippen LogP contribution in [-0.2, 0) is 0 Å². The van der Waals surface area contributed by atoms with Crippen LogP contribution in [-0.4, -0.2) is 15.1 Å². The van der Waals surface area contributed by atoms with Crippen molar-refractivity contribution in [3.8, 4) is 11.1 Å². The second kappa shape index (κ2) is 3.82. The standard InChI is InChI=1S/C9H6BrN3O2/c10-9-3-7(13(14)15)1-2-8(9)6-4-11-12-5-6/h1-5H,(H,11,12). The molecule has 0 atom stereocenters. The third-order valence-electron chi connectivity index (χ3n) is 1.97. The molecule has 2 aromatic rings. The van der Waals surface area contributed by atoms with Gasteiger partial charge in [0.15, 0.2) is 0 Å². The number of hydrogen-bond acceptors (Lipinski definition) is 3. The second-order valence-electron chi connectivity index (χ2n) is 2.91. The summed E-state index contributed by atoms with van der Waals surface area (Å²) in [6.45, 7) is 0. The summed E-state index contributed by atoms with van der Waals surface area (Å²) in [6.07, 6.45) is 3.39. The lowest BCUT2D eigenvalue weighted by molar-refractivity contribution is -0.384. The zero-order chi connectivity index (χ0) is 10.8. The lowest BCUT2D eigenvalue weighted by Gasteiger charge is -2.00. The molecule has 0 saturated carbocycles. The zero-order valence-electron chi connectivity index (χ0n) is 7.48. The molecular formula is C9H6BrN3O2. The van der Waals surface area contributed by atoms with Gasteiger partial charge in [0.2, 0.25) is 0 Å². The monoisotopic (exact) mass is 267 g/mol. The number of halogens is 1. The van der Waals surface area contributed by atoms with Crippen molar-refractivity contribution in [2.45, 2.75) is 0 Å². The minimum absolute atomic E-state index is 0.0640. The first-order valence-electron chi connectivity index (χ1n) is 4.11. The van der Waals surface area contributed by atoms with Crippen molar-refractivity contribution in [3.05, 3.63) is 45.2 Å². The molecule has 0 saturated heterocycles. The van der Waals surface area contributed by atoms with E-state index in [1.165, 1.54) is 12.1 Å². The van der Waals surface area contributed by atoms with Crippen molar-refractivity contribution in [1.29, 1.82) is 0 Å². The molecule has 0 aliphatic heterocycles. The molecule has 0 amide bonds. The molecule has 0 unspecified atom stereocenters. The van der Waals surface area contributed by atoms with Crippen molar-refractivity contribution in [1.82, 2.24) is 10.2 Å². The maximum Gasteiger partial charge on any atom is 0.270 e. The van der Waals surface area contributed by atoms with Gasteiger partial charge in [-0.15, -0.1) is 0 Å². The molecule has 0 aliphatic rings. The summed E-state index contributed by atoms with van der Waals surface area (Å²) in [5, 5.41) is 17.0. The SMILES string of the molecule is O=[N+]([O-])c1ccc(-c2cn[nH]c2)c(Br)c1. The number of aromatic nitrogens is 2. The molecule has 1 aromatic carbocycles. The number of nitro benzene ring substituents is 1. The molecule has 0 aliphatic carbocycles. The second-order valence-corrected chi connectivity index (χ2v) is 3.76. The van der Waals surface area contributed by atoms with Crippen molar-refractivity contribution in [2.75, 3.05) is 0 Å². The fourth-order valence-electron chi connectivity index (χ4n) is 1.25. The summed E-state index contributed by atoms with van der Waals surface area (Å²) < 4.78 is 0.679. The zero-order valence-corrected chi connectivity index (χ0v) is 9.06. The highest BCUT2D eigenvalue weighted by molar-refractivity contribution is 9.10. The maximum atomic E-state index is 10.5. The van der Waals surface area contributed by atoms with Gasteiger partial charge in [0, 0.05) is 28.4 Å². The van der Waals surface area contributed by atoms with E-state index < -0.39 is 4.92 Å². The number of hydrogen-bond donors (Lipinski definition) is 1. The van der Waals surface area contributed by atoms with E-state index in [4.69, 9.17) is 0 Å². The molecule has 1 heterocycles. The van der Waals surface area contributed by atoms with E-state index in [1.807, 2.05) is 0 Å². The molecule has 6 heteroatoms. The number of nitro groups is 1. The van der Waals surface area contributed by atoms with Crippen LogP contribution < -0.4 is 0 Å². The van der Waals surface area contributed by atoms with Crippen LogP contribution in [0.15, 0.2) is 35.1 Å². The molecule has 2 rings (SSSR count). The van der Waals surface area contributed by atoms with E-state index in [0.29, 0.717) is 4.47 Å². The van der Waals surface area contributed by atoms with E-state index in [9.17, 15) is 10.1 Å². The average molecular weight is 268 g/mol. The van der Waals surface area contributed by atoms with Crippen LogP contribution in [0.1, 0.15) is 0 Å². The lowest BCUT2D eigenvalue weighted by Crippen LogP contribution is -1.88. The Morgan fingerprint density at radius 2 is 2.27 bits per heavy atom. The van der Waals surface area contributed by atoms with Gasteiger partial charge in [0.05, 0.1) is 11.1 Å². The molecule has 1 aromatic heterocycles. The Balaban J connectivity index is 2.48. The van der Waals surface area contributed by atoms with E-state index >= 15 is 0 Å². The van der Waals surface area contributed by atoms with Crippen LogP contribution in [0.2, 0.25) is 0 Å². The molecular weight excluding hydrogens is 262 g/mol. The largest absolute Gasteiger partial charge is 0.285 e. The number of nitrogens with one attached hydrogen (secondary N) is 1. The first-order chi connectivity index (χ1) is 7.18. The van der Waals surface area contributed by atoms with Gasteiger partial charge in [-0.3, -0.25) is 15.2 Å². The molecule has 1 N–H and O–H groups in total. The topological polar surface area (TPSA) is 71.8 Å².